The Balaban J connectivity index is 1.76. The Labute approximate surface area is 186 Å². The van der Waals surface area contributed by atoms with E-state index in [1.54, 1.807) is 41.3 Å². The zero-order valence-corrected chi connectivity index (χ0v) is 18.1. The van der Waals surface area contributed by atoms with Gasteiger partial charge in [-0.3, -0.25) is 5.32 Å². The third-order valence-corrected chi connectivity index (χ3v) is 5.32. The third-order valence-electron chi connectivity index (χ3n) is 5.07. The van der Waals surface area contributed by atoms with Gasteiger partial charge in [0.15, 0.2) is 6.19 Å². The van der Waals surface area contributed by atoms with Crippen LogP contribution in [0.4, 0.5) is 20.6 Å². The quantitative estimate of drug-likeness (QED) is 0.319. The summed E-state index contributed by atoms with van der Waals surface area (Å²) in [6.45, 7) is 5.52. The molecule has 1 aliphatic rings. The smallest absolute Gasteiger partial charge is 0.321 e. The fourth-order valence-corrected chi connectivity index (χ4v) is 3.54. The number of benzene rings is 2. The van der Waals surface area contributed by atoms with E-state index in [-0.39, 0.29) is 23.8 Å². The molecule has 162 valence electrons. The van der Waals surface area contributed by atoms with Crippen LogP contribution in [-0.2, 0) is 0 Å². The minimum atomic E-state index is -0.353. The van der Waals surface area contributed by atoms with Crippen molar-refractivity contribution in [3.8, 4) is 6.19 Å². The van der Waals surface area contributed by atoms with E-state index in [0.717, 1.165) is 0 Å². The molecule has 1 heterocycles. The maximum absolute atomic E-state index is 13.2. The lowest BCUT2D eigenvalue weighted by molar-refractivity contribution is 0.118. The molecular weight excluding hydrogens is 419 g/mol. The molecule has 0 saturated carbocycles. The summed E-state index contributed by atoms with van der Waals surface area (Å²) in [7, 11) is 0. The molecule has 0 aliphatic carbocycles. The van der Waals surface area contributed by atoms with Gasteiger partial charge in [-0.15, -0.1) is 0 Å². The molecule has 2 aromatic carbocycles. The Kier molecular flexibility index (Phi) is 7.32. The van der Waals surface area contributed by atoms with E-state index in [1.165, 1.54) is 12.1 Å². The van der Waals surface area contributed by atoms with Crippen LogP contribution in [0.3, 0.4) is 0 Å². The van der Waals surface area contributed by atoms with Crippen molar-refractivity contribution in [1.82, 2.24) is 15.1 Å². The molecule has 7 nitrogen and oxygen atoms in total. The second-order valence-corrected chi connectivity index (χ2v) is 7.97. The summed E-state index contributed by atoms with van der Waals surface area (Å²) in [4.78, 5) is 21.0. The highest BCUT2D eigenvalue weighted by Gasteiger charge is 2.33. The molecule has 2 amide bonds. The Bertz CT molecular complexity index is 971. The number of hydrogen-bond donors (Lipinski definition) is 2. The van der Waals surface area contributed by atoms with Crippen molar-refractivity contribution in [3.63, 3.8) is 0 Å². The summed E-state index contributed by atoms with van der Waals surface area (Å²) >= 11 is 5.90. The van der Waals surface area contributed by atoms with Gasteiger partial charge in [-0.1, -0.05) is 25.4 Å². The van der Waals surface area contributed by atoms with Crippen molar-refractivity contribution in [2.75, 3.05) is 25.0 Å². The molecule has 0 bridgehead atoms. The van der Waals surface area contributed by atoms with Crippen LogP contribution in [0.1, 0.15) is 13.8 Å². The van der Waals surface area contributed by atoms with E-state index >= 15 is 0 Å². The molecule has 1 atom stereocenters. The van der Waals surface area contributed by atoms with Gasteiger partial charge < -0.3 is 15.1 Å². The van der Waals surface area contributed by atoms with E-state index in [0.29, 0.717) is 42.0 Å². The molecule has 31 heavy (non-hydrogen) atoms. The monoisotopic (exact) mass is 442 g/mol. The molecule has 0 spiro atoms. The molecule has 1 aliphatic heterocycles. The van der Waals surface area contributed by atoms with Crippen LogP contribution < -0.4 is 10.6 Å². The lowest BCUT2D eigenvalue weighted by Gasteiger charge is -2.44. The number of nitrogens with zero attached hydrogens (tertiary/aromatic N) is 4. The number of halogens is 2. The molecular formula is C22H24ClFN6O. The van der Waals surface area contributed by atoms with Crippen molar-refractivity contribution < 1.29 is 9.18 Å². The van der Waals surface area contributed by atoms with Gasteiger partial charge >= 0.3 is 6.03 Å². The SMILES string of the molecule is CC(C)C1CN(C(=O)Nc2ccc(Cl)cc2)CCN1C(=Nc1ccc(F)cc1)NC#N. The number of hydrogen-bond acceptors (Lipinski definition) is 3. The van der Waals surface area contributed by atoms with Gasteiger partial charge in [0, 0.05) is 30.3 Å². The standard InChI is InChI=1S/C22H24ClFN6O/c1-15(2)20-13-29(22(31)28-19-7-3-16(23)4-8-19)11-12-30(20)21(26-14-25)27-18-9-5-17(24)6-10-18/h3-10,15,20H,11-13H2,1-2H3,(H,26,27)(H,28,31). The van der Waals surface area contributed by atoms with E-state index < -0.39 is 0 Å². The van der Waals surface area contributed by atoms with Crippen LogP contribution in [0.5, 0.6) is 0 Å². The Morgan fingerprint density at radius 1 is 1.19 bits per heavy atom. The molecule has 1 unspecified atom stereocenters. The van der Waals surface area contributed by atoms with Crippen molar-refractivity contribution in [2.24, 2.45) is 10.9 Å². The summed E-state index contributed by atoms with van der Waals surface area (Å²) in [5.74, 6) is 0.213. The number of carbonyl (C=O) groups is 1. The summed E-state index contributed by atoms with van der Waals surface area (Å²) in [6, 6.07) is 12.4. The lowest BCUT2D eigenvalue weighted by Crippen LogP contribution is -2.60. The number of anilines is 1. The van der Waals surface area contributed by atoms with Gasteiger partial charge in [-0.2, -0.15) is 5.26 Å². The van der Waals surface area contributed by atoms with Gasteiger partial charge in [0.2, 0.25) is 5.96 Å². The van der Waals surface area contributed by atoms with Crippen LogP contribution in [0, 0.1) is 23.2 Å². The number of guanidine groups is 1. The fourth-order valence-electron chi connectivity index (χ4n) is 3.42. The van der Waals surface area contributed by atoms with Crippen LogP contribution in [0.25, 0.3) is 0 Å². The average molecular weight is 443 g/mol. The van der Waals surface area contributed by atoms with E-state index in [9.17, 15) is 14.4 Å². The predicted molar refractivity (Wildman–Crippen MR) is 120 cm³/mol. The minimum absolute atomic E-state index is 0.0650. The summed E-state index contributed by atoms with van der Waals surface area (Å²) in [5.41, 5.74) is 1.20. The number of piperazine rings is 1. The van der Waals surface area contributed by atoms with Crippen molar-refractivity contribution in [1.29, 1.82) is 5.26 Å². The minimum Gasteiger partial charge on any atom is -0.335 e. The summed E-state index contributed by atoms with van der Waals surface area (Å²) in [6.07, 6.45) is 1.93. The lowest BCUT2D eigenvalue weighted by atomic mass is 10.00. The number of nitriles is 1. The van der Waals surface area contributed by atoms with Gasteiger partial charge in [-0.25, -0.2) is 14.2 Å². The fraction of sp³-hybridized carbons (Fsp3) is 0.318. The topological polar surface area (TPSA) is 83.8 Å². The van der Waals surface area contributed by atoms with Crippen molar-refractivity contribution in [2.45, 2.75) is 19.9 Å². The van der Waals surface area contributed by atoms with E-state index in [4.69, 9.17) is 11.6 Å². The predicted octanol–water partition coefficient (Wildman–Crippen LogP) is 4.41. The summed E-state index contributed by atoms with van der Waals surface area (Å²) in [5, 5.41) is 15.4. The molecule has 0 aromatic heterocycles. The molecule has 0 radical (unpaired) electrons. The van der Waals surface area contributed by atoms with Crippen molar-refractivity contribution in [3.05, 3.63) is 59.4 Å². The van der Waals surface area contributed by atoms with Crippen LogP contribution >= 0.6 is 11.6 Å². The number of aliphatic imine (C=N–C) groups is 1. The maximum Gasteiger partial charge on any atom is 0.321 e. The Hall–Kier alpha value is -3.31. The molecule has 9 heteroatoms. The number of rotatable bonds is 3. The van der Waals surface area contributed by atoms with Crippen LogP contribution in [-0.4, -0.2) is 47.5 Å². The van der Waals surface area contributed by atoms with Crippen LogP contribution in [0.2, 0.25) is 5.02 Å². The van der Waals surface area contributed by atoms with E-state index in [2.05, 4.69) is 29.5 Å². The normalized spacial score (nSPS) is 16.8. The molecule has 1 fully saturated rings. The Morgan fingerprint density at radius 2 is 1.87 bits per heavy atom. The zero-order chi connectivity index (χ0) is 22.4. The zero-order valence-electron chi connectivity index (χ0n) is 17.3. The Morgan fingerprint density at radius 3 is 2.48 bits per heavy atom. The highest BCUT2D eigenvalue weighted by Crippen LogP contribution is 2.21. The van der Waals surface area contributed by atoms with Crippen LogP contribution in [0.15, 0.2) is 53.5 Å². The highest BCUT2D eigenvalue weighted by atomic mass is 35.5. The molecule has 3 rings (SSSR count). The second-order valence-electron chi connectivity index (χ2n) is 7.54. The number of urea groups is 1. The first-order valence-corrected chi connectivity index (χ1v) is 10.3. The average Bonchev–Trinajstić information content (AvgIpc) is 2.76. The number of amides is 2. The molecule has 1 saturated heterocycles. The highest BCUT2D eigenvalue weighted by molar-refractivity contribution is 6.30. The first-order valence-electron chi connectivity index (χ1n) is 9.95. The third kappa shape index (κ3) is 5.86. The van der Waals surface area contributed by atoms with Crippen molar-refractivity contribution >= 4 is 35.0 Å². The summed E-state index contributed by atoms with van der Waals surface area (Å²) < 4.78 is 13.2. The van der Waals surface area contributed by atoms with E-state index in [1.807, 2.05) is 11.1 Å². The first kappa shape index (κ1) is 22.4. The van der Waals surface area contributed by atoms with Gasteiger partial charge in [0.25, 0.3) is 0 Å². The van der Waals surface area contributed by atoms with Gasteiger partial charge in [0.05, 0.1) is 11.7 Å². The first-order chi connectivity index (χ1) is 14.9. The largest absolute Gasteiger partial charge is 0.335 e. The maximum atomic E-state index is 13.2. The number of carbonyl (C=O) groups excluding carboxylic acids is 1. The van der Waals surface area contributed by atoms with Gasteiger partial charge in [0.1, 0.15) is 5.82 Å². The molecule has 2 aromatic rings. The molecule has 2 N–H and O–H groups in total. The van der Waals surface area contributed by atoms with Gasteiger partial charge in [-0.05, 0) is 54.4 Å². The second kappa shape index (κ2) is 10.1. The number of nitrogens with one attached hydrogen (secondary N) is 2.